The molecule has 0 aliphatic carbocycles. The van der Waals surface area contributed by atoms with E-state index in [1.54, 1.807) is 0 Å². The molecule has 0 saturated carbocycles. The van der Waals surface area contributed by atoms with E-state index in [1.165, 1.54) is 6.92 Å². The Hall–Kier alpha value is 0.0700. The van der Waals surface area contributed by atoms with Crippen LogP contribution in [0.5, 0.6) is 0 Å². The maximum Gasteiger partial charge on any atom is 0.347 e. The summed E-state index contributed by atoms with van der Waals surface area (Å²) in [4.78, 5) is 18.0. The smallest absolute Gasteiger partial charge is 0.347 e. The first-order valence-electron chi connectivity index (χ1n) is 5.76. The molecule has 0 aliphatic heterocycles. The lowest BCUT2D eigenvalue weighted by Crippen LogP contribution is -2.47. The second-order valence-electron chi connectivity index (χ2n) is 4.49. The van der Waals surface area contributed by atoms with Crippen LogP contribution >= 0.6 is 7.60 Å². The number of hydrogen-bond donors (Lipinski definition) is 4. The zero-order valence-electron chi connectivity index (χ0n) is 10.1. The van der Waals surface area contributed by atoms with Crippen molar-refractivity contribution in [2.24, 2.45) is 5.73 Å². The lowest BCUT2D eigenvalue weighted by molar-refractivity contribution is 0.106. The molecule has 6 heteroatoms. The molecule has 0 rings (SSSR count). The summed E-state index contributed by atoms with van der Waals surface area (Å²) in [6.07, 6.45) is 4.25. The fourth-order valence-electron chi connectivity index (χ4n) is 1.43. The Balaban J connectivity index is 3.97. The van der Waals surface area contributed by atoms with Crippen molar-refractivity contribution in [2.45, 2.75) is 63.8 Å². The van der Waals surface area contributed by atoms with Crippen LogP contribution in [0.2, 0.25) is 0 Å². The standard InChI is InChI=1S/C10H24NO4P/c1-3-4-5-6-7-8-9(12)10(2,11)16(13,14)15/h9,12H,3-8,11H2,1-2H3,(H2,13,14,15). The summed E-state index contributed by atoms with van der Waals surface area (Å²) >= 11 is 0. The summed E-state index contributed by atoms with van der Waals surface area (Å²) in [6, 6.07) is 0. The van der Waals surface area contributed by atoms with E-state index >= 15 is 0 Å². The van der Waals surface area contributed by atoms with Crippen molar-refractivity contribution < 1.29 is 19.5 Å². The molecular formula is C10H24NO4P. The first kappa shape index (κ1) is 16.1. The molecule has 0 aromatic carbocycles. The maximum absolute atomic E-state index is 11.0. The van der Waals surface area contributed by atoms with Gasteiger partial charge in [-0.1, -0.05) is 39.0 Å². The van der Waals surface area contributed by atoms with Crippen LogP contribution in [0.25, 0.3) is 0 Å². The lowest BCUT2D eigenvalue weighted by Gasteiger charge is -2.30. The predicted octanol–water partition coefficient (Wildman–Crippen LogP) is 1.56. The van der Waals surface area contributed by atoms with Gasteiger partial charge in [0, 0.05) is 0 Å². The highest BCUT2D eigenvalue weighted by Gasteiger charge is 2.44. The Labute approximate surface area is 97.2 Å². The third-order valence-electron chi connectivity index (χ3n) is 2.88. The van der Waals surface area contributed by atoms with Crippen LogP contribution in [0.3, 0.4) is 0 Å². The second-order valence-corrected chi connectivity index (χ2v) is 6.54. The van der Waals surface area contributed by atoms with E-state index in [0.717, 1.165) is 32.1 Å². The van der Waals surface area contributed by atoms with Crippen molar-refractivity contribution in [3.8, 4) is 0 Å². The molecule has 0 aliphatic rings. The lowest BCUT2D eigenvalue weighted by atomic mass is 10.0. The molecule has 2 atom stereocenters. The van der Waals surface area contributed by atoms with Gasteiger partial charge in [0.05, 0.1) is 6.10 Å². The Morgan fingerprint density at radius 1 is 1.25 bits per heavy atom. The minimum atomic E-state index is -4.46. The van der Waals surface area contributed by atoms with E-state index in [-0.39, 0.29) is 0 Å². The third-order valence-corrected chi connectivity index (χ3v) is 4.44. The SMILES string of the molecule is CCCCCCCC(O)C(C)(N)P(=O)(O)O. The normalized spacial score (nSPS) is 18.1. The summed E-state index contributed by atoms with van der Waals surface area (Å²) in [5.41, 5.74) is 5.47. The van der Waals surface area contributed by atoms with Gasteiger partial charge in [-0.2, -0.15) is 0 Å². The van der Waals surface area contributed by atoms with Crippen molar-refractivity contribution in [1.29, 1.82) is 0 Å². The molecule has 0 fully saturated rings. The molecule has 0 heterocycles. The zero-order valence-corrected chi connectivity index (χ0v) is 11.0. The Kier molecular flexibility index (Phi) is 6.75. The van der Waals surface area contributed by atoms with Crippen LogP contribution in [0.4, 0.5) is 0 Å². The third kappa shape index (κ3) is 4.93. The molecule has 98 valence electrons. The van der Waals surface area contributed by atoms with Gasteiger partial charge in [0.25, 0.3) is 0 Å². The number of hydrogen-bond acceptors (Lipinski definition) is 3. The quantitative estimate of drug-likeness (QED) is 0.388. The molecular weight excluding hydrogens is 229 g/mol. The topological polar surface area (TPSA) is 104 Å². The molecule has 5 nitrogen and oxygen atoms in total. The summed E-state index contributed by atoms with van der Waals surface area (Å²) in [6.45, 7) is 3.31. The summed E-state index contributed by atoms with van der Waals surface area (Å²) in [5, 5.41) is 7.82. The average Bonchev–Trinajstić information content (AvgIpc) is 2.15. The van der Waals surface area contributed by atoms with Gasteiger partial charge >= 0.3 is 7.60 Å². The van der Waals surface area contributed by atoms with E-state index in [1.807, 2.05) is 0 Å². The Bertz CT molecular complexity index is 239. The molecule has 0 bridgehead atoms. The molecule has 0 saturated heterocycles. The second kappa shape index (κ2) is 6.72. The molecule has 0 radical (unpaired) electrons. The minimum absolute atomic E-state index is 0.335. The monoisotopic (exact) mass is 253 g/mol. The molecule has 0 aromatic heterocycles. The number of rotatable bonds is 8. The van der Waals surface area contributed by atoms with E-state index < -0.39 is 19.0 Å². The fourth-order valence-corrected chi connectivity index (χ4v) is 1.94. The molecule has 2 unspecified atom stereocenters. The van der Waals surface area contributed by atoms with Crippen LogP contribution in [-0.2, 0) is 4.57 Å². The van der Waals surface area contributed by atoms with Crippen LogP contribution in [0, 0.1) is 0 Å². The molecule has 0 aromatic rings. The van der Waals surface area contributed by atoms with Crippen molar-refractivity contribution in [3.63, 3.8) is 0 Å². The first-order valence-corrected chi connectivity index (χ1v) is 7.37. The van der Waals surface area contributed by atoms with Crippen LogP contribution in [0.15, 0.2) is 0 Å². The van der Waals surface area contributed by atoms with Gasteiger partial charge in [0.15, 0.2) is 0 Å². The van der Waals surface area contributed by atoms with Crippen molar-refractivity contribution in [1.82, 2.24) is 0 Å². The van der Waals surface area contributed by atoms with E-state index in [4.69, 9.17) is 15.5 Å². The molecule has 16 heavy (non-hydrogen) atoms. The maximum atomic E-state index is 11.0. The number of aliphatic hydroxyl groups excluding tert-OH is 1. The average molecular weight is 253 g/mol. The molecule has 0 spiro atoms. The van der Waals surface area contributed by atoms with Crippen molar-refractivity contribution >= 4 is 7.60 Å². The highest BCUT2D eigenvalue weighted by molar-refractivity contribution is 7.53. The number of nitrogens with two attached hydrogens (primary N) is 1. The number of unbranched alkanes of at least 4 members (excludes halogenated alkanes) is 4. The van der Waals surface area contributed by atoms with Crippen LogP contribution in [0.1, 0.15) is 52.4 Å². The Morgan fingerprint density at radius 2 is 1.75 bits per heavy atom. The zero-order chi connectivity index (χ0) is 12.8. The minimum Gasteiger partial charge on any atom is -0.391 e. The van der Waals surface area contributed by atoms with Gasteiger partial charge in [-0.05, 0) is 13.3 Å². The van der Waals surface area contributed by atoms with Gasteiger partial charge in [-0.25, -0.2) is 0 Å². The van der Waals surface area contributed by atoms with Crippen molar-refractivity contribution in [2.75, 3.05) is 0 Å². The molecule has 0 amide bonds. The van der Waals surface area contributed by atoms with Crippen LogP contribution < -0.4 is 5.73 Å². The summed E-state index contributed by atoms with van der Waals surface area (Å²) in [5.74, 6) is 0. The van der Waals surface area contributed by atoms with Gasteiger partial charge in [0.1, 0.15) is 5.28 Å². The fraction of sp³-hybridized carbons (Fsp3) is 1.00. The molecule has 5 N–H and O–H groups in total. The van der Waals surface area contributed by atoms with E-state index in [2.05, 4.69) is 6.92 Å². The van der Waals surface area contributed by atoms with Gasteiger partial charge in [0.2, 0.25) is 0 Å². The van der Waals surface area contributed by atoms with Gasteiger partial charge in [-0.3, -0.25) is 4.57 Å². The van der Waals surface area contributed by atoms with Crippen LogP contribution in [-0.4, -0.2) is 26.3 Å². The Morgan fingerprint density at radius 3 is 2.19 bits per heavy atom. The number of aliphatic hydroxyl groups is 1. The highest BCUT2D eigenvalue weighted by Crippen LogP contribution is 2.49. The summed E-state index contributed by atoms with van der Waals surface area (Å²) < 4.78 is 11.0. The van der Waals surface area contributed by atoms with Crippen molar-refractivity contribution in [3.05, 3.63) is 0 Å². The van der Waals surface area contributed by atoms with E-state index in [9.17, 15) is 9.67 Å². The largest absolute Gasteiger partial charge is 0.391 e. The highest BCUT2D eigenvalue weighted by atomic mass is 31.2. The van der Waals surface area contributed by atoms with Gasteiger partial charge in [-0.15, -0.1) is 0 Å². The summed E-state index contributed by atoms with van der Waals surface area (Å²) in [7, 11) is -4.46. The first-order chi connectivity index (χ1) is 7.23. The van der Waals surface area contributed by atoms with Gasteiger partial charge < -0.3 is 20.6 Å². The van der Waals surface area contributed by atoms with E-state index in [0.29, 0.717) is 6.42 Å². The predicted molar refractivity (Wildman–Crippen MR) is 64.0 cm³/mol.